The minimum Gasteiger partial charge on any atom is -1.00 e. The monoisotopic (exact) mass is 117 g/mol. The molecule has 0 aromatic carbocycles. The van der Waals surface area contributed by atoms with Crippen LogP contribution in [0.5, 0.6) is 0 Å². The SMILES string of the molecule is [F][Cr]([F])[F].[H-].[Li+]. The summed E-state index contributed by atoms with van der Waals surface area (Å²) in [6.07, 6.45) is 0. The summed E-state index contributed by atoms with van der Waals surface area (Å²) in [6, 6.07) is 0. The summed E-state index contributed by atoms with van der Waals surface area (Å²) in [5.41, 5.74) is 0. The Morgan fingerprint density at radius 1 is 1.20 bits per heavy atom. The van der Waals surface area contributed by atoms with E-state index in [1.165, 1.54) is 0 Å². The Balaban J connectivity index is -0.0000000450. The van der Waals surface area contributed by atoms with Crippen molar-refractivity contribution in [1.82, 2.24) is 0 Å². The smallest absolute Gasteiger partial charge is 1.00 e. The molecule has 0 amide bonds. The van der Waals surface area contributed by atoms with E-state index in [9.17, 15) is 10.6 Å². The van der Waals surface area contributed by atoms with Gasteiger partial charge in [0, 0.05) is 0 Å². The molecule has 0 unspecified atom stereocenters. The van der Waals surface area contributed by atoms with Gasteiger partial charge < -0.3 is 1.43 Å². The van der Waals surface area contributed by atoms with Crippen molar-refractivity contribution in [2.24, 2.45) is 0 Å². The summed E-state index contributed by atoms with van der Waals surface area (Å²) >= 11 is -4.54. The largest absolute Gasteiger partial charge is 1.00 e. The minimum absolute atomic E-state index is 0. The molecule has 0 N–H and O–H groups in total. The Kier molecular flexibility index (Phi) is 9.18. The topological polar surface area (TPSA) is 0 Å². The predicted molar refractivity (Wildman–Crippen MR) is 4.44 cm³/mol. The average molecular weight is 117 g/mol. The molecule has 0 aliphatic rings. The second-order valence-corrected chi connectivity index (χ2v) is 0.721. The molecule has 5 heavy (non-hydrogen) atoms. The molecule has 0 aromatic heterocycles. The fourth-order valence-corrected chi connectivity index (χ4v) is 0. The molecule has 0 spiro atoms. The van der Waals surface area contributed by atoms with Gasteiger partial charge in [-0.3, -0.25) is 0 Å². The number of halogens is 3. The second kappa shape index (κ2) is 4.92. The summed E-state index contributed by atoms with van der Waals surface area (Å²) in [7, 11) is 0. The van der Waals surface area contributed by atoms with E-state index in [0.29, 0.717) is 0 Å². The molecule has 0 heterocycles. The quantitative estimate of drug-likeness (QED) is 0.334. The Labute approximate surface area is 46.8 Å². The molecule has 29 valence electrons. The van der Waals surface area contributed by atoms with Crippen LogP contribution in [0, 0.1) is 0 Å². The van der Waals surface area contributed by atoms with Crippen LogP contribution in [0.1, 0.15) is 1.43 Å². The molecular weight excluding hydrogens is 116 g/mol. The van der Waals surface area contributed by atoms with E-state index in [1.807, 2.05) is 0 Å². The Hall–Kier alpha value is 0.920. The molecule has 0 rings (SSSR count). The van der Waals surface area contributed by atoms with Crippen LogP contribution in [0.2, 0.25) is 0 Å². The fraction of sp³-hybridized carbons (Fsp3) is 0. The summed E-state index contributed by atoms with van der Waals surface area (Å²) in [6.45, 7) is 0. The third-order valence-electron chi connectivity index (χ3n) is 0. The van der Waals surface area contributed by atoms with Crippen LogP contribution in [0.25, 0.3) is 0 Å². The van der Waals surface area contributed by atoms with Gasteiger partial charge >= 0.3 is 45.0 Å². The maximum absolute atomic E-state index is 9.79. The zero-order chi connectivity index (χ0) is 3.58. The Morgan fingerprint density at radius 2 is 1.20 bits per heavy atom. The molecule has 0 aromatic rings. The Morgan fingerprint density at radius 3 is 1.20 bits per heavy atom. The third-order valence-corrected chi connectivity index (χ3v) is 0. The van der Waals surface area contributed by atoms with Gasteiger partial charge in [0.15, 0.2) is 0 Å². The van der Waals surface area contributed by atoms with Gasteiger partial charge in [-0.2, -0.15) is 0 Å². The first-order chi connectivity index (χ1) is 1.73. The van der Waals surface area contributed by atoms with Crippen molar-refractivity contribution in [2.45, 2.75) is 0 Å². The molecule has 0 radical (unpaired) electrons. The zero-order valence-corrected chi connectivity index (χ0v) is 3.82. The van der Waals surface area contributed by atoms with E-state index in [2.05, 4.69) is 0 Å². The fourth-order valence-electron chi connectivity index (χ4n) is 0. The van der Waals surface area contributed by atoms with E-state index >= 15 is 0 Å². The van der Waals surface area contributed by atoms with Crippen LogP contribution < -0.4 is 18.9 Å². The van der Waals surface area contributed by atoms with Crippen molar-refractivity contribution < 1.29 is 46.4 Å². The molecule has 0 saturated carbocycles. The predicted octanol–water partition coefficient (Wildman–Crippen LogP) is -1.63. The standard InChI is InChI=1S/Cr.3FH.Li.H/h;3*1H;;/q+3;;;;+1;-1/p-3. The van der Waals surface area contributed by atoms with Gasteiger partial charge in [0.2, 0.25) is 0 Å². The van der Waals surface area contributed by atoms with Crippen LogP contribution in [0.15, 0.2) is 0 Å². The van der Waals surface area contributed by atoms with Crippen LogP contribution in [0.4, 0.5) is 10.6 Å². The Bertz CT molecular complexity index is 15.5. The molecular formula is HCrF3Li. The summed E-state index contributed by atoms with van der Waals surface area (Å²) in [5.74, 6) is 0. The molecule has 0 nitrogen and oxygen atoms in total. The summed E-state index contributed by atoms with van der Waals surface area (Å²) in [4.78, 5) is 0. The molecule has 0 saturated heterocycles. The van der Waals surface area contributed by atoms with Crippen molar-refractivity contribution in [1.29, 1.82) is 0 Å². The van der Waals surface area contributed by atoms with Crippen LogP contribution in [-0.4, -0.2) is 0 Å². The number of rotatable bonds is 0. The van der Waals surface area contributed by atoms with E-state index in [-0.39, 0.29) is 20.3 Å². The number of hydrogen-bond acceptors (Lipinski definition) is 0. The summed E-state index contributed by atoms with van der Waals surface area (Å²) in [5, 5.41) is 0. The van der Waals surface area contributed by atoms with Gasteiger partial charge in [-0.25, -0.2) is 0 Å². The van der Waals surface area contributed by atoms with Gasteiger partial charge in [0.05, 0.1) is 0 Å². The van der Waals surface area contributed by atoms with E-state index in [1.54, 1.807) is 0 Å². The first-order valence-electron chi connectivity index (χ1n) is 0.463. The third kappa shape index (κ3) is 49.6. The van der Waals surface area contributed by atoms with Gasteiger partial charge in [-0.05, 0) is 0 Å². The summed E-state index contributed by atoms with van der Waals surface area (Å²) < 4.78 is 29.4. The van der Waals surface area contributed by atoms with E-state index in [4.69, 9.17) is 0 Å². The molecule has 0 fully saturated rings. The molecule has 0 atom stereocenters. The molecule has 0 bridgehead atoms. The zero-order valence-electron chi connectivity index (χ0n) is 3.54. The molecule has 0 aliphatic carbocycles. The van der Waals surface area contributed by atoms with Crippen molar-refractivity contribution in [3.63, 3.8) is 0 Å². The van der Waals surface area contributed by atoms with Crippen molar-refractivity contribution >= 4 is 0 Å². The van der Waals surface area contributed by atoms with Gasteiger partial charge in [-0.15, -0.1) is 0 Å². The van der Waals surface area contributed by atoms with Gasteiger partial charge in [0.25, 0.3) is 0 Å². The number of hydrogen-bond donors (Lipinski definition) is 0. The van der Waals surface area contributed by atoms with Crippen LogP contribution in [-0.2, 0) is 15.5 Å². The van der Waals surface area contributed by atoms with Gasteiger partial charge in [0.1, 0.15) is 0 Å². The van der Waals surface area contributed by atoms with Gasteiger partial charge in [-0.1, -0.05) is 0 Å². The average Bonchev–Trinajstić information content (AvgIpc) is 0.811. The van der Waals surface area contributed by atoms with Crippen LogP contribution in [0.3, 0.4) is 0 Å². The first kappa shape index (κ1) is 9.33. The maximum atomic E-state index is 9.79. The minimum atomic E-state index is -4.54. The van der Waals surface area contributed by atoms with E-state index < -0.39 is 15.5 Å². The van der Waals surface area contributed by atoms with Crippen LogP contribution >= 0.6 is 0 Å². The molecule has 5 heteroatoms. The van der Waals surface area contributed by atoms with Crippen molar-refractivity contribution in [2.75, 3.05) is 0 Å². The van der Waals surface area contributed by atoms with Crippen molar-refractivity contribution in [3.8, 4) is 0 Å². The molecule has 0 aliphatic heterocycles. The maximum Gasteiger partial charge on any atom is 1.00 e. The first-order valence-corrected chi connectivity index (χ1v) is 1.91. The van der Waals surface area contributed by atoms with E-state index in [0.717, 1.165) is 0 Å². The second-order valence-electron chi connectivity index (χ2n) is 0.175. The van der Waals surface area contributed by atoms with Crippen molar-refractivity contribution in [3.05, 3.63) is 0 Å². The normalized spacial score (nSPS) is 7.20.